The number of nitro groups is 1. The number of ether oxygens (including phenoxy) is 1. The molecule has 0 aliphatic carbocycles. The molecular weight excluding hydrogens is 240 g/mol. The molecule has 0 aromatic heterocycles. The summed E-state index contributed by atoms with van der Waals surface area (Å²) in [6.07, 6.45) is 0.823. The fourth-order valence-corrected chi connectivity index (χ4v) is 1.53. The van der Waals surface area contributed by atoms with Gasteiger partial charge < -0.3 is 4.74 Å². The zero-order valence-electron chi connectivity index (χ0n) is 9.57. The fraction of sp³-hybridized carbons (Fsp3) is 0.364. The Balaban J connectivity index is 1.86. The smallest absolute Gasteiger partial charge is 0.283 e. The number of rotatable bonds is 4. The summed E-state index contributed by atoms with van der Waals surface area (Å²) in [4.78, 5) is 26.6. The molecule has 2 rings (SSSR count). The van der Waals surface area contributed by atoms with Crippen LogP contribution in [0.5, 0.6) is 5.75 Å². The second kappa shape index (κ2) is 5.46. The maximum atomic E-state index is 11.6. The Labute approximate surface area is 103 Å². The molecule has 1 heterocycles. The van der Waals surface area contributed by atoms with Crippen molar-refractivity contribution in [3.05, 3.63) is 34.4 Å². The largest absolute Gasteiger partial charge is 0.484 e. The number of carbonyl (C=O) groups excluding carboxylic acids is 1. The molecule has 96 valence electrons. The van der Waals surface area contributed by atoms with Crippen molar-refractivity contribution in [1.82, 2.24) is 5.06 Å². The first-order valence-corrected chi connectivity index (χ1v) is 5.47. The summed E-state index contributed by atoms with van der Waals surface area (Å²) in [7, 11) is 0. The second-order valence-corrected chi connectivity index (χ2v) is 3.72. The molecule has 1 amide bonds. The fourth-order valence-electron chi connectivity index (χ4n) is 1.53. The van der Waals surface area contributed by atoms with Crippen molar-refractivity contribution >= 4 is 11.6 Å². The minimum Gasteiger partial charge on any atom is -0.484 e. The van der Waals surface area contributed by atoms with Crippen LogP contribution < -0.4 is 4.74 Å². The monoisotopic (exact) mass is 252 g/mol. The molecule has 1 aliphatic heterocycles. The van der Waals surface area contributed by atoms with Crippen LogP contribution in [0, 0.1) is 10.1 Å². The Bertz CT molecular complexity index is 439. The summed E-state index contributed by atoms with van der Waals surface area (Å²) in [5.41, 5.74) is -0.0171. The molecule has 0 bridgehead atoms. The van der Waals surface area contributed by atoms with E-state index in [-0.39, 0.29) is 18.2 Å². The molecule has 0 radical (unpaired) electrons. The van der Waals surface area contributed by atoms with Crippen LogP contribution in [0.4, 0.5) is 5.69 Å². The molecule has 0 atom stereocenters. The van der Waals surface area contributed by atoms with Crippen LogP contribution in [0.3, 0.4) is 0 Å². The van der Waals surface area contributed by atoms with Gasteiger partial charge in [0.2, 0.25) is 0 Å². The van der Waals surface area contributed by atoms with Crippen LogP contribution in [0.2, 0.25) is 0 Å². The van der Waals surface area contributed by atoms with Gasteiger partial charge in [-0.3, -0.25) is 19.7 Å². The third kappa shape index (κ3) is 2.95. The molecule has 7 nitrogen and oxygen atoms in total. The first-order chi connectivity index (χ1) is 8.66. The summed E-state index contributed by atoms with van der Waals surface area (Å²) in [5, 5.41) is 11.7. The Hall–Kier alpha value is -2.15. The Morgan fingerprint density at radius 1 is 1.44 bits per heavy atom. The van der Waals surface area contributed by atoms with E-state index in [0.717, 1.165) is 6.42 Å². The summed E-state index contributed by atoms with van der Waals surface area (Å²) in [6.45, 7) is 0.976. The van der Waals surface area contributed by atoms with E-state index >= 15 is 0 Å². The molecule has 7 heteroatoms. The van der Waals surface area contributed by atoms with Crippen LogP contribution >= 0.6 is 0 Å². The lowest BCUT2D eigenvalue weighted by Crippen LogP contribution is -2.31. The second-order valence-electron chi connectivity index (χ2n) is 3.72. The zero-order chi connectivity index (χ0) is 13.0. The minimum absolute atomic E-state index is 0.0171. The molecule has 1 aromatic rings. The molecule has 0 unspecified atom stereocenters. The van der Waals surface area contributed by atoms with Crippen LogP contribution in [-0.4, -0.2) is 35.7 Å². The maximum Gasteiger partial charge on any atom is 0.283 e. The van der Waals surface area contributed by atoms with Crippen LogP contribution in [0.1, 0.15) is 6.42 Å². The summed E-state index contributed by atoms with van der Waals surface area (Å²) in [6, 6.07) is 5.56. The Kier molecular flexibility index (Phi) is 3.73. The summed E-state index contributed by atoms with van der Waals surface area (Å²) >= 11 is 0. The zero-order valence-corrected chi connectivity index (χ0v) is 9.57. The molecule has 0 saturated carbocycles. The third-order valence-corrected chi connectivity index (χ3v) is 2.44. The van der Waals surface area contributed by atoms with Crippen LogP contribution in [-0.2, 0) is 9.63 Å². The van der Waals surface area contributed by atoms with Gasteiger partial charge in [-0.15, -0.1) is 0 Å². The number of hydrogen-bond donors (Lipinski definition) is 0. The molecule has 1 aliphatic rings. The lowest BCUT2D eigenvalue weighted by atomic mass is 10.3. The van der Waals surface area contributed by atoms with Crippen molar-refractivity contribution in [3.8, 4) is 5.75 Å². The van der Waals surface area contributed by atoms with Crippen molar-refractivity contribution in [2.24, 2.45) is 0 Å². The van der Waals surface area contributed by atoms with E-state index in [1.807, 2.05) is 0 Å². The highest BCUT2D eigenvalue weighted by molar-refractivity contribution is 5.76. The Morgan fingerprint density at radius 2 is 2.17 bits per heavy atom. The van der Waals surface area contributed by atoms with Gasteiger partial charge in [-0.25, -0.2) is 5.06 Å². The molecule has 18 heavy (non-hydrogen) atoms. The van der Waals surface area contributed by atoms with Gasteiger partial charge in [0.15, 0.2) is 6.61 Å². The summed E-state index contributed by atoms with van der Waals surface area (Å²) in [5.74, 6) is 0.152. The van der Waals surface area contributed by atoms with E-state index in [1.165, 1.54) is 29.3 Å². The SMILES string of the molecule is O=C(COc1ccc([N+](=O)[O-])cc1)N1CCCO1. The lowest BCUT2D eigenvalue weighted by Gasteiger charge is -2.14. The van der Waals surface area contributed by atoms with Gasteiger partial charge in [0.05, 0.1) is 18.1 Å². The molecule has 1 fully saturated rings. The topological polar surface area (TPSA) is 81.9 Å². The van der Waals surface area contributed by atoms with Gasteiger partial charge >= 0.3 is 0 Å². The third-order valence-electron chi connectivity index (χ3n) is 2.44. The van der Waals surface area contributed by atoms with Gasteiger partial charge in [0.25, 0.3) is 11.6 Å². The predicted molar refractivity (Wildman–Crippen MR) is 60.9 cm³/mol. The van der Waals surface area contributed by atoms with Crippen LogP contribution in [0.25, 0.3) is 0 Å². The maximum absolute atomic E-state index is 11.6. The predicted octanol–water partition coefficient (Wildman–Crippen LogP) is 1.14. The van der Waals surface area contributed by atoms with Crippen molar-refractivity contribution in [2.75, 3.05) is 19.8 Å². The highest BCUT2D eigenvalue weighted by atomic mass is 16.7. The van der Waals surface area contributed by atoms with Crippen molar-refractivity contribution < 1.29 is 19.3 Å². The van der Waals surface area contributed by atoms with Gasteiger partial charge in [-0.2, -0.15) is 0 Å². The van der Waals surface area contributed by atoms with Gasteiger partial charge in [-0.05, 0) is 18.6 Å². The van der Waals surface area contributed by atoms with E-state index in [2.05, 4.69) is 0 Å². The normalized spacial score (nSPS) is 14.6. The van der Waals surface area contributed by atoms with Gasteiger partial charge in [0.1, 0.15) is 5.75 Å². The van der Waals surface area contributed by atoms with E-state index < -0.39 is 4.92 Å². The van der Waals surface area contributed by atoms with Crippen molar-refractivity contribution in [2.45, 2.75) is 6.42 Å². The quantitative estimate of drug-likeness (QED) is 0.592. The number of amides is 1. The minimum atomic E-state index is -0.493. The average Bonchev–Trinajstić information content (AvgIpc) is 2.90. The standard InChI is InChI=1S/C11H12N2O5/c14-11(12-6-1-7-18-12)8-17-10-4-2-9(3-5-10)13(15)16/h2-5H,1,6-8H2. The number of carbonyl (C=O) groups is 1. The Morgan fingerprint density at radius 3 is 2.72 bits per heavy atom. The average molecular weight is 252 g/mol. The van der Waals surface area contributed by atoms with E-state index in [0.29, 0.717) is 18.9 Å². The molecule has 1 aromatic carbocycles. The van der Waals surface area contributed by atoms with E-state index in [9.17, 15) is 14.9 Å². The summed E-state index contributed by atoms with van der Waals surface area (Å²) < 4.78 is 5.22. The van der Waals surface area contributed by atoms with Gasteiger partial charge in [0, 0.05) is 12.1 Å². The number of hydrogen-bond acceptors (Lipinski definition) is 5. The number of nitro benzene ring substituents is 1. The van der Waals surface area contributed by atoms with Gasteiger partial charge in [-0.1, -0.05) is 0 Å². The lowest BCUT2D eigenvalue weighted by molar-refractivity contribution is -0.384. The first kappa shape index (κ1) is 12.3. The molecule has 0 N–H and O–H groups in total. The van der Waals surface area contributed by atoms with E-state index in [1.54, 1.807) is 0 Å². The number of nitrogens with zero attached hydrogens (tertiary/aromatic N) is 2. The van der Waals surface area contributed by atoms with E-state index in [4.69, 9.17) is 9.57 Å². The van der Waals surface area contributed by atoms with Crippen LogP contribution in [0.15, 0.2) is 24.3 Å². The van der Waals surface area contributed by atoms with Crippen molar-refractivity contribution in [1.29, 1.82) is 0 Å². The molecule has 0 spiro atoms. The molecular formula is C11H12N2O5. The van der Waals surface area contributed by atoms with Crippen molar-refractivity contribution in [3.63, 3.8) is 0 Å². The number of hydroxylamine groups is 2. The first-order valence-electron chi connectivity index (χ1n) is 5.47. The highest BCUT2D eigenvalue weighted by Gasteiger charge is 2.19. The number of benzene rings is 1. The highest BCUT2D eigenvalue weighted by Crippen LogP contribution is 2.17. The molecule has 1 saturated heterocycles. The number of non-ortho nitro benzene ring substituents is 1.